The largest absolute Gasteiger partial charge is 0.383 e. The molecule has 1 N–H and O–H groups in total. The van der Waals surface area contributed by atoms with Crippen LogP contribution in [0.2, 0.25) is 0 Å². The average Bonchev–Trinajstić information content (AvgIpc) is 2.95. The zero-order valence-electron chi connectivity index (χ0n) is 15.9. The average molecular weight is 398 g/mol. The predicted octanol–water partition coefficient (Wildman–Crippen LogP) is 3.63. The molecule has 0 bridgehead atoms. The SMILES string of the molecule is COCCn1cc(C(=O)Nc2nc3c(s2)CCCCC3)c2ccccc2c1=O. The van der Waals surface area contributed by atoms with Crippen molar-refractivity contribution in [3.05, 3.63) is 57.0 Å². The van der Waals surface area contributed by atoms with E-state index in [1.165, 1.54) is 22.3 Å². The van der Waals surface area contributed by atoms with Crippen molar-refractivity contribution < 1.29 is 9.53 Å². The van der Waals surface area contributed by atoms with Gasteiger partial charge in [0.15, 0.2) is 5.13 Å². The van der Waals surface area contributed by atoms with Crippen molar-refractivity contribution in [1.29, 1.82) is 0 Å². The Balaban J connectivity index is 1.68. The summed E-state index contributed by atoms with van der Waals surface area (Å²) < 4.78 is 6.64. The molecule has 0 fully saturated rings. The number of carbonyl (C=O) groups is 1. The summed E-state index contributed by atoms with van der Waals surface area (Å²) in [5, 5.41) is 4.77. The van der Waals surface area contributed by atoms with Crippen molar-refractivity contribution in [2.45, 2.75) is 38.6 Å². The van der Waals surface area contributed by atoms with E-state index in [0.29, 0.717) is 34.6 Å². The maximum atomic E-state index is 13.1. The van der Waals surface area contributed by atoms with Gasteiger partial charge in [-0.25, -0.2) is 4.98 Å². The summed E-state index contributed by atoms with van der Waals surface area (Å²) in [6.07, 6.45) is 7.20. The summed E-state index contributed by atoms with van der Waals surface area (Å²) in [6, 6.07) is 7.21. The first kappa shape index (κ1) is 18.8. The van der Waals surface area contributed by atoms with E-state index in [2.05, 4.69) is 10.3 Å². The molecule has 7 heteroatoms. The molecular formula is C21H23N3O3S. The Morgan fingerprint density at radius 1 is 1.21 bits per heavy atom. The maximum Gasteiger partial charge on any atom is 0.259 e. The molecule has 0 saturated carbocycles. The Morgan fingerprint density at radius 3 is 2.82 bits per heavy atom. The number of ether oxygens (including phenoxy) is 1. The molecule has 2 aromatic heterocycles. The third-order valence-electron chi connectivity index (χ3n) is 5.09. The van der Waals surface area contributed by atoms with E-state index in [4.69, 9.17) is 4.74 Å². The molecule has 1 amide bonds. The van der Waals surface area contributed by atoms with E-state index < -0.39 is 0 Å². The highest BCUT2D eigenvalue weighted by atomic mass is 32.1. The molecule has 146 valence electrons. The van der Waals surface area contributed by atoms with Gasteiger partial charge in [0.2, 0.25) is 0 Å². The molecular weight excluding hydrogens is 374 g/mol. The fourth-order valence-corrected chi connectivity index (χ4v) is 4.67. The fraction of sp³-hybridized carbons (Fsp3) is 0.381. The Kier molecular flexibility index (Phi) is 5.54. The van der Waals surface area contributed by atoms with E-state index in [9.17, 15) is 9.59 Å². The number of pyridine rings is 1. The number of nitrogens with zero attached hydrogens (tertiary/aromatic N) is 2. The van der Waals surface area contributed by atoms with Crippen LogP contribution >= 0.6 is 11.3 Å². The molecule has 0 spiro atoms. The van der Waals surface area contributed by atoms with Crippen LogP contribution in [0.5, 0.6) is 0 Å². The molecule has 2 heterocycles. The highest BCUT2D eigenvalue weighted by Gasteiger charge is 2.18. The molecule has 0 atom stereocenters. The normalized spacial score (nSPS) is 13.9. The second-order valence-electron chi connectivity index (χ2n) is 6.98. The van der Waals surface area contributed by atoms with Gasteiger partial charge < -0.3 is 9.30 Å². The van der Waals surface area contributed by atoms with Crippen LogP contribution in [0.15, 0.2) is 35.3 Å². The first-order valence-corrected chi connectivity index (χ1v) is 10.4. The molecule has 28 heavy (non-hydrogen) atoms. The predicted molar refractivity (Wildman–Crippen MR) is 111 cm³/mol. The van der Waals surface area contributed by atoms with Crippen LogP contribution in [0.3, 0.4) is 0 Å². The molecule has 0 radical (unpaired) electrons. The van der Waals surface area contributed by atoms with Gasteiger partial charge in [0, 0.05) is 35.5 Å². The fourth-order valence-electron chi connectivity index (χ4n) is 3.63. The van der Waals surface area contributed by atoms with Crippen LogP contribution < -0.4 is 10.9 Å². The van der Waals surface area contributed by atoms with Crippen LogP contribution in [0.4, 0.5) is 5.13 Å². The van der Waals surface area contributed by atoms with Crippen LogP contribution in [-0.4, -0.2) is 29.2 Å². The Morgan fingerprint density at radius 2 is 2.00 bits per heavy atom. The number of amides is 1. The second kappa shape index (κ2) is 8.24. The topological polar surface area (TPSA) is 73.2 Å². The molecule has 1 aliphatic rings. The van der Waals surface area contributed by atoms with Gasteiger partial charge in [0.05, 0.1) is 17.9 Å². The van der Waals surface area contributed by atoms with Crippen molar-refractivity contribution in [1.82, 2.24) is 9.55 Å². The third-order valence-corrected chi connectivity index (χ3v) is 6.16. The first-order chi connectivity index (χ1) is 13.7. The van der Waals surface area contributed by atoms with Crippen molar-refractivity contribution in [2.24, 2.45) is 0 Å². The molecule has 6 nitrogen and oxygen atoms in total. The van der Waals surface area contributed by atoms with E-state index in [0.717, 1.165) is 25.0 Å². The minimum Gasteiger partial charge on any atom is -0.383 e. The summed E-state index contributed by atoms with van der Waals surface area (Å²) in [5.74, 6) is -0.244. The lowest BCUT2D eigenvalue weighted by Crippen LogP contribution is -2.25. The number of rotatable bonds is 5. The Hall–Kier alpha value is -2.51. The van der Waals surface area contributed by atoms with Crippen LogP contribution in [0, 0.1) is 0 Å². The van der Waals surface area contributed by atoms with Crippen molar-refractivity contribution in [3.63, 3.8) is 0 Å². The molecule has 0 unspecified atom stereocenters. The highest BCUT2D eigenvalue weighted by Crippen LogP contribution is 2.29. The lowest BCUT2D eigenvalue weighted by molar-refractivity contribution is 0.102. The number of hydrogen-bond donors (Lipinski definition) is 1. The summed E-state index contributed by atoms with van der Waals surface area (Å²) in [7, 11) is 1.59. The number of nitrogens with one attached hydrogen (secondary N) is 1. The van der Waals surface area contributed by atoms with E-state index in [1.807, 2.05) is 18.2 Å². The number of anilines is 1. The highest BCUT2D eigenvalue weighted by molar-refractivity contribution is 7.15. The smallest absolute Gasteiger partial charge is 0.259 e. The summed E-state index contributed by atoms with van der Waals surface area (Å²) in [6.45, 7) is 0.796. The first-order valence-electron chi connectivity index (χ1n) is 9.58. The van der Waals surface area contributed by atoms with Crippen molar-refractivity contribution >= 4 is 33.1 Å². The van der Waals surface area contributed by atoms with Gasteiger partial charge in [-0.2, -0.15) is 0 Å². The van der Waals surface area contributed by atoms with Gasteiger partial charge in [-0.05, 0) is 31.7 Å². The molecule has 1 aliphatic carbocycles. The molecule has 1 aromatic carbocycles. The number of carbonyl (C=O) groups excluding carboxylic acids is 1. The van der Waals surface area contributed by atoms with E-state index >= 15 is 0 Å². The summed E-state index contributed by atoms with van der Waals surface area (Å²) in [5.41, 5.74) is 1.47. The molecule has 0 aliphatic heterocycles. The van der Waals surface area contributed by atoms with Gasteiger partial charge in [0.25, 0.3) is 11.5 Å². The van der Waals surface area contributed by atoms with Crippen molar-refractivity contribution in [2.75, 3.05) is 19.0 Å². The third kappa shape index (κ3) is 3.72. The number of aromatic nitrogens is 2. The Bertz CT molecular complexity index is 1050. The van der Waals surface area contributed by atoms with Crippen LogP contribution in [-0.2, 0) is 24.1 Å². The van der Waals surface area contributed by atoms with Gasteiger partial charge >= 0.3 is 0 Å². The Labute approximate surface area is 167 Å². The summed E-state index contributed by atoms with van der Waals surface area (Å²) in [4.78, 5) is 31.7. The van der Waals surface area contributed by atoms with Gasteiger partial charge in [-0.3, -0.25) is 14.9 Å². The molecule has 0 saturated heterocycles. The lowest BCUT2D eigenvalue weighted by atomic mass is 10.1. The number of methoxy groups -OCH3 is 1. The number of thiazole rings is 1. The van der Waals surface area contributed by atoms with E-state index in [-0.39, 0.29) is 11.5 Å². The standard InChI is InChI=1S/C21H23N3O3S/c1-27-12-11-24-13-16(14-7-5-6-8-15(14)20(24)26)19(25)23-21-22-17-9-3-2-4-10-18(17)28-21/h5-8,13H,2-4,9-12H2,1H3,(H,22,23,25). The minimum atomic E-state index is -0.244. The van der Waals surface area contributed by atoms with E-state index in [1.54, 1.807) is 30.7 Å². The quantitative estimate of drug-likeness (QED) is 0.668. The molecule has 3 aromatic rings. The number of hydrogen-bond acceptors (Lipinski definition) is 5. The minimum absolute atomic E-state index is 0.120. The zero-order chi connectivity index (χ0) is 19.5. The maximum absolute atomic E-state index is 13.1. The second-order valence-corrected chi connectivity index (χ2v) is 8.07. The summed E-state index contributed by atoms with van der Waals surface area (Å²) >= 11 is 1.57. The van der Waals surface area contributed by atoms with Crippen molar-refractivity contribution in [3.8, 4) is 0 Å². The monoisotopic (exact) mass is 397 g/mol. The van der Waals surface area contributed by atoms with Gasteiger partial charge in [0.1, 0.15) is 0 Å². The van der Waals surface area contributed by atoms with Gasteiger partial charge in [-0.1, -0.05) is 24.6 Å². The zero-order valence-corrected chi connectivity index (χ0v) is 16.7. The number of fused-ring (bicyclic) bond motifs is 2. The number of aryl methyl sites for hydroxylation is 2. The van der Waals surface area contributed by atoms with Crippen LogP contribution in [0.25, 0.3) is 10.8 Å². The number of benzene rings is 1. The molecule has 4 rings (SSSR count). The van der Waals surface area contributed by atoms with Gasteiger partial charge in [-0.15, -0.1) is 11.3 Å². The lowest BCUT2D eigenvalue weighted by Gasteiger charge is -2.11. The van der Waals surface area contributed by atoms with Crippen LogP contribution in [0.1, 0.15) is 40.2 Å².